The summed E-state index contributed by atoms with van der Waals surface area (Å²) in [5.74, 6) is -0.141. The predicted molar refractivity (Wildman–Crippen MR) is 478 cm³/mol. The molecule has 666 valence electrons. The lowest BCUT2D eigenvalue weighted by Crippen LogP contribution is -2.20. The van der Waals surface area contributed by atoms with Crippen LogP contribution in [-0.4, -0.2) is 88.8 Å². The maximum atomic E-state index is 10.2. The summed E-state index contributed by atoms with van der Waals surface area (Å²) in [4.78, 5) is 0. The molecule has 0 aliphatic carbocycles. The molecule has 127 heavy (non-hydrogen) atoms. The Hall–Kier alpha value is -13.2. The van der Waals surface area contributed by atoms with Gasteiger partial charge in [-0.25, -0.2) is 0 Å². The maximum Gasteiger partial charge on any atom is 0.161 e. The Morgan fingerprint density at radius 3 is 0.803 bits per heavy atom. The van der Waals surface area contributed by atoms with Gasteiger partial charge in [0.2, 0.25) is 0 Å². The van der Waals surface area contributed by atoms with Crippen molar-refractivity contribution in [3.05, 3.63) is 319 Å². The normalized spacial score (nSPS) is 20.9. The van der Waals surface area contributed by atoms with Gasteiger partial charge in [-0.3, -0.25) is 0 Å². The van der Waals surface area contributed by atoms with Crippen molar-refractivity contribution in [1.29, 1.82) is 0 Å². The van der Waals surface area contributed by atoms with Crippen LogP contribution in [0.3, 0.4) is 0 Å². The van der Waals surface area contributed by atoms with E-state index in [1.54, 1.807) is 55.6 Å². The Kier molecular flexibility index (Phi) is 29.4. The summed E-state index contributed by atoms with van der Waals surface area (Å²) >= 11 is 0. The number of anilines is 1. The van der Waals surface area contributed by atoms with E-state index >= 15 is 0 Å². The quantitative estimate of drug-likeness (QED) is 0.0376. The van der Waals surface area contributed by atoms with Crippen LogP contribution in [0.2, 0.25) is 0 Å². The molecule has 6 aliphatic rings. The monoisotopic (exact) mass is 1730 g/mol. The Morgan fingerprint density at radius 1 is 0.244 bits per heavy atom. The van der Waals surface area contributed by atoms with Gasteiger partial charge in [0, 0.05) is 77.6 Å². The van der Waals surface area contributed by atoms with Gasteiger partial charge >= 0.3 is 0 Å². The van der Waals surface area contributed by atoms with Gasteiger partial charge in [0.1, 0.15) is 17.2 Å². The second kappa shape index (κ2) is 40.8. The van der Waals surface area contributed by atoms with E-state index in [-0.39, 0.29) is 165 Å². The van der Waals surface area contributed by atoms with Crippen LogP contribution in [0.25, 0.3) is 0 Å². The van der Waals surface area contributed by atoms with Gasteiger partial charge < -0.3 is 121 Å². The highest BCUT2D eigenvalue weighted by Crippen LogP contribution is 2.53. The zero-order valence-corrected chi connectivity index (χ0v) is 71.8. The number of rotatable bonds is 13. The van der Waals surface area contributed by atoms with Crippen molar-refractivity contribution in [2.45, 2.75) is 192 Å². The number of hydrogen-bond donors (Lipinski definition) is 17. The number of nitrogens with two attached hydrogens (primary N) is 1. The van der Waals surface area contributed by atoms with Crippen LogP contribution < -0.4 is 10.5 Å². The SMILES string of the molecule is CCC1OC(c2ccc(O)c(O)c2)Cc2c1ccc(O)c2O.CCC1OC(c2ccc(O)cc2)Cc2c1ccc(O)c2O.CCC1OC(c2cccc(N)c2)Cc2c1ccc(O)c2O.CCC1OC(c2cccc(O)c2)Cc2c1ccc(O)c2O.CCC1OC(c2cccc(OC)c2)Cc2c1ccc(O)c2O.CCC1OC(c2ccccc2)Cc2c1ccc(O)c2O. The number of phenols is 16. The molecular weight excluding hydrogens is 1620 g/mol. The lowest BCUT2D eigenvalue weighted by Gasteiger charge is -2.32. The van der Waals surface area contributed by atoms with E-state index < -0.39 is 0 Å². The fourth-order valence-electron chi connectivity index (χ4n) is 17.5. The molecule has 0 bridgehead atoms. The lowest BCUT2D eigenvalue weighted by molar-refractivity contribution is -0.0301. The third-order valence-corrected chi connectivity index (χ3v) is 24.2. The van der Waals surface area contributed by atoms with E-state index in [4.69, 9.17) is 38.9 Å². The molecule has 0 radical (unpaired) electrons. The van der Waals surface area contributed by atoms with Crippen molar-refractivity contribution in [2.24, 2.45) is 0 Å². The highest BCUT2D eigenvalue weighted by atomic mass is 16.5. The first kappa shape index (κ1) is 91.5. The molecule has 0 fully saturated rings. The maximum absolute atomic E-state index is 10.2. The average Bonchev–Trinajstić information content (AvgIpc) is 0.804. The minimum atomic E-state index is -0.364. The van der Waals surface area contributed by atoms with Crippen LogP contribution in [-0.2, 0) is 66.9 Å². The summed E-state index contributed by atoms with van der Waals surface area (Å²) in [6, 6.07) is 63.6. The van der Waals surface area contributed by atoms with Crippen molar-refractivity contribution in [3.63, 3.8) is 0 Å². The van der Waals surface area contributed by atoms with Gasteiger partial charge in [0.25, 0.3) is 0 Å². The van der Waals surface area contributed by atoms with Crippen LogP contribution in [0.4, 0.5) is 5.69 Å². The molecule has 0 saturated heterocycles. The molecule has 18 rings (SSSR count). The average molecular weight is 1730 g/mol. The van der Waals surface area contributed by atoms with E-state index in [0.717, 1.165) is 133 Å². The summed E-state index contributed by atoms with van der Waals surface area (Å²) < 4.78 is 42.0. The zero-order chi connectivity index (χ0) is 90.6. The van der Waals surface area contributed by atoms with E-state index in [1.807, 2.05) is 156 Å². The Labute approximate surface area is 737 Å². The first-order valence-corrected chi connectivity index (χ1v) is 42.9. The predicted octanol–water partition coefficient (Wildman–Crippen LogP) is 21.6. The van der Waals surface area contributed by atoms with Gasteiger partial charge in [-0.15, -0.1) is 0 Å². The second-order valence-corrected chi connectivity index (χ2v) is 32.2. The first-order chi connectivity index (χ1) is 61.1. The Balaban J connectivity index is 0.000000130. The molecule has 24 heteroatoms. The van der Waals surface area contributed by atoms with E-state index in [2.05, 4.69) is 6.92 Å². The number of benzene rings is 12. The summed E-state index contributed by atoms with van der Waals surface area (Å²) in [6.45, 7) is 12.2. The number of methoxy groups -OCH3 is 1. The number of nitrogen functional groups attached to an aromatic ring is 1. The van der Waals surface area contributed by atoms with Gasteiger partial charge in [-0.05, 0) is 202 Å². The van der Waals surface area contributed by atoms with Gasteiger partial charge in [-0.1, -0.05) is 163 Å². The van der Waals surface area contributed by atoms with Gasteiger partial charge in [-0.2, -0.15) is 0 Å². The first-order valence-electron chi connectivity index (χ1n) is 42.9. The van der Waals surface area contributed by atoms with E-state index in [0.29, 0.717) is 55.3 Å². The van der Waals surface area contributed by atoms with Crippen molar-refractivity contribution in [3.8, 4) is 97.7 Å². The number of aromatic hydroxyl groups is 16. The van der Waals surface area contributed by atoms with Crippen LogP contribution in [0, 0.1) is 0 Å². The third-order valence-electron chi connectivity index (χ3n) is 24.2. The second-order valence-electron chi connectivity index (χ2n) is 32.2. The smallest absolute Gasteiger partial charge is 0.161 e. The summed E-state index contributed by atoms with van der Waals surface area (Å²) in [7, 11) is 1.63. The topological polar surface area (TPSA) is 414 Å². The number of fused-ring (bicyclic) bond motifs is 6. The molecule has 12 aromatic carbocycles. The number of ether oxygens (including phenoxy) is 7. The summed E-state index contributed by atoms with van der Waals surface area (Å²) in [6.07, 6.45) is 5.80. The lowest BCUT2D eigenvalue weighted by atomic mass is 9.89. The Bertz CT molecular complexity index is 5690. The van der Waals surface area contributed by atoms with E-state index in [9.17, 15) is 81.7 Å². The largest absolute Gasteiger partial charge is 0.508 e. The van der Waals surface area contributed by atoms with Gasteiger partial charge in [0.15, 0.2) is 80.5 Å². The van der Waals surface area contributed by atoms with E-state index in [1.165, 1.54) is 48.5 Å². The highest BCUT2D eigenvalue weighted by molar-refractivity contribution is 5.58. The minimum Gasteiger partial charge on any atom is -0.508 e. The highest BCUT2D eigenvalue weighted by Gasteiger charge is 2.38. The molecule has 0 amide bonds. The summed E-state index contributed by atoms with van der Waals surface area (Å²) in [5.41, 5.74) is 22.2. The fourth-order valence-corrected chi connectivity index (χ4v) is 17.5. The zero-order valence-electron chi connectivity index (χ0n) is 71.8. The van der Waals surface area contributed by atoms with Crippen LogP contribution >= 0.6 is 0 Å². The van der Waals surface area contributed by atoms with Crippen molar-refractivity contribution < 1.29 is 115 Å². The molecular formula is C103H111NO23. The third kappa shape index (κ3) is 20.5. The van der Waals surface area contributed by atoms with Crippen LogP contribution in [0.1, 0.15) is 253 Å². The number of hydrogen-bond acceptors (Lipinski definition) is 24. The van der Waals surface area contributed by atoms with Crippen molar-refractivity contribution in [2.75, 3.05) is 12.8 Å². The molecule has 24 nitrogen and oxygen atoms in total. The van der Waals surface area contributed by atoms with Crippen LogP contribution in [0.5, 0.6) is 97.7 Å². The standard InChI is InChI=1S/C18H20O4.C17H19NO3.C17H18O5.2C17H18O4.C17H18O3/c1-3-16-13-7-8-15(19)18(20)14(13)10-17(22-16)11-5-4-6-12(9-11)21-2;1-2-15-12-6-7-14(19)17(20)13(12)9-16(21-15)10-4-3-5-11(18)8-10;1-2-15-10-4-6-13(19)17(21)11(10)8-16(22-15)9-3-5-12(18)14(20)7-9;1-2-15-12-7-8-14(19)17(20)13(12)9-16(21-15)10-3-5-11(18)6-4-10;1-2-15-12-6-7-14(19)17(20)13(12)9-16(21-15)10-4-3-5-11(18)8-10;1-2-15-12-8-9-14(18)17(19)13(12)10-16(20-15)11-6-4-3-5-7-11/h4-9,16-17,19-20H,3,10H2,1-2H3;3-8,15-16,19-20H,2,9,18H2,1H3;3-7,15-16,18-21H,2,8H2,1H3;2*3-8,15-16,18-20H,2,9H2,1H3;3-9,15-16,18-19H,2,10H2,1H3. The van der Waals surface area contributed by atoms with Crippen molar-refractivity contribution in [1.82, 2.24) is 0 Å². The molecule has 0 spiro atoms. The molecule has 12 aromatic rings. The molecule has 0 aromatic heterocycles. The number of phenolic OH excluding ortho intramolecular Hbond substituents is 16. The molecule has 0 saturated carbocycles. The molecule has 6 heterocycles. The fraction of sp³-hybridized carbons (Fsp3) is 0.301. The Morgan fingerprint density at radius 2 is 0.504 bits per heavy atom. The summed E-state index contributed by atoms with van der Waals surface area (Å²) in [5, 5.41) is 157. The molecule has 12 unspecified atom stereocenters. The minimum absolute atomic E-state index is 0.00909. The van der Waals surface area contributed by atoms with Gasteiger partial charge in [0.05, 0.1) is 80.4 Å². The van der Waals surface area contributed by atoms with Crippen molar-refractivity contribution >= 4 is 5.69 Å². The molecule has 18 N–H and O–H groups in total. The molecule has 12 atom stereocenters. The molecule has 6 aliphatic heterocycles. The van der Waals surface area contributed by atoms with Crippen LogP contribution in [0.15, 0.2) is 218 Å².